The summed E-state index contributed by atoms with van der Waals surface area (Å²) in [6.45, 7) is 0.133. The Morgan fingerprint density at radius 2 is 1.83 bits per heavy atom. The van der Waals surface area contributed by atoms with Crippen molar-refractivity contribution < 1.29 is 32.5 Å². The van der Waals surface area contributed by atoms with Crippen LogP contribution in [0, 0.1) is 0 Å². The summed E-state index contributed by atoms with van der Waals surface area (Å²) >= 11 is 0. The second-order valence-corrected chi connectivity index (χ2v) is 4.86. The fourth-order valence-corrected chi connectivity index (χ4v) is 2.09. The van der Waals surface area contributed by atoms with Crippen LogP contribution in [0.5, 0.6) is 17.2 Å². The number of halogens is 3. The van der Waals surface area contributed by atoms with Crippen LogP contribution in [0.25, 0.3) is 11.1 Å². The number of aliphatic hydroxyl groups excluding tert-OH is 1. The fraction of sp³-hybridized carbons (Fsp3) is 0.294. The summed E-state index contributed by atoms with van der Waals surface area (Å²) in [5, 5.41) is 8.73. The second-order valence-electron chi connectivity index (χ2n) is 4.86. The molecule has 0 aliphatic rings. The van der Waals surface area contributed by atoms with Gasteiger partial charge in [0, 0.05) is 24.7 Å². The van der Waals surface area contributed by atoms with Gasteiger partial charge in [0.25, 0.3) is 0 Å². The molecule has 0 saturated heterocycles. The summed E-state index contributed by atoms with van der Waals surface area (Å²) in [6, 6.07) is 10.9. The van der Waals surface area contributed by atoms with Crippen LogP contribution in [0.4, 0.5) is 13.2 Å². The Bertz CT molecular complexity index is 671. The molecule has 130 valence electrons. The lowest BCUT2D eigenvalue weighted by molar-refractivity contribution is -0.274. The van der Waals surface area contributed by atoms with E-state index in [1.165, 1.54) is 19.2 Å². The number of hydrogen-bond acceptors (Lipinski definition) is 4. The molecule has 7 heteroatoms. The van der Waals surface area contributed by atoms with Gasteiger partial charge in [-0.3, -0.25) is 0 Å². The van der Waals surface area contributed by atoms with Gasteiger partial charge in [0.2, 0.25) is 0 Å². The maximum absolute atomic E-state index is 12.7. The molecule has 0 aliphatic heterocycles. The Kier molecular flexibility index (Phi) is 5.92. The van der Waals surface area contributed by atoms with E-state index in [1.54, 1.807) is 30.3 Å². The van der Waals surface area contributed by atoms with Crippen LogP contribution < -0.4 is 14.2 Å². The normalized spacial score (nSPS) is 11.2. The third-order valence-electron chi connectivity index (χ3n) is 3.13. The molecule has 1 N–H and O–H groups in total. The zero-order valence-corrected chi connectivity index (χ0v) is 13.0. The van der Waals surface area contributed by atoms with Crippen molar-refractivity contribution in [1.82, 2.24) is 0 Å². The standard InChI is InChI=1S/C17H17F3O4/c1-22-13-5-2-4-12(10-13)15-7-6-14(23-9-3-8-21)11-16(15)24-17(18,19)20/h2,4-7,10-11,21H,3,8-9H2,1H3. The molecule has 0 aliphatic carbocycles. The third-order valence-corrected chi connectivity index (χ3v) is 3.13. The smallest absolute Gasteiger partial charge is 0.497 e. The van der Waals surface area contributed by atoms with Crippen LogP contribution in [-0.2, 0) is 0 Å². The minimum Gasteiger partial charge on any atom is -0.497 e. The van der Waals surface area contributed by atoms with Crippen molar-refractivity contribution in [3.63, 3.8) is 0 Å². The molecular weight excluding hydrogens is 325 g/mol. The van der Waals surface area contributed by atoms with E-state index in [0.29, 0.717) is 17.7 Å². The van der Waals surface area contributed by atoms with Crippen molar-refractivity contribution in [3.8, 4) is 28.4 Å². The number of methoxy groups -OCH3 is 1. The highest BCUT2D eigenvalue weighted by Crippen LogP contribution is 2.37. The van der Waals surface area contributed by atoms with E-state index in [0.717, 1.165) is 0 Å². The molecule has 24 heavy (non-hydrogen) atoms. The van der Waals surface area contributed by atoms with Crippen LogP contribution in [0.2, 0.25) is 0 Å². The van der Waals surface area contributed by atoms with Crippen molar-refractivity contribution in [3.05, 3.63) is 42.5 Å². The topological polar surface area (TPSA) is 47.9 Å². The van der Waals surface area contributed by atoms with Gasteiger partial charge >= 0.3 is 6.36 Å². The molecular formula is C17H17F3O4. The van der Waals surface area contributed by atoms with E-state index in [4.69, 9.17) is 14.6 Å². The summed E-state index contributed by atoms with van der Waals surface area (Å²) in [6.07, 6.45) is -4.44. The zero-order chi connectivity index (χ0) is 17.6. The largest absolute Gasteiger partial charge is 0.573 e. The first kappa shape index (κ1) is 17.9. The van der Waals surface area contributed by atoms with Crippen LogP contribution in [-0.4, -0.2) is 31.8 Å². The average molecular weight is 342 g/mol. The van der Waals surface area contributed by atoms with Crippen LogP contribution in [0.1, 0.15) is 6.42 Å². The first-order chi connectivity index (χ1) is 11.4. The number of benzene rings is 2. The maximum atomic E-state index is 12.7. The number of rotatable bonds is 7. The van der Waals surface area contributed by atoms with Gasteiger partial charge in [-0.05, 0) is 29.8 Å². The lowest BCUT2D eigenvalue weighted by Crippen LogP contribution is -2.17. The predicted octanol–water partition coefficient (Wildman–Crippen LogP) is 4.02. The monoisotopic (exact) mass is 342 g/mol. The van der Waals surface area contributed by atoms with E-state index < -0.39 is 6.36 Å². The first-order valence-electron chi connectivity index (χ1n) is 7.21. The minimum absolute atomic E-state index is 0.0617. The van der Waals surface area contributed by atoms with Gasteiger partial charge in [-0.1, -0.05) is 12.1 Å². The third kappa shape index (κ3) is 5.06. The Morgan fingerprint density at radius 3 is 2.50 bits per heavy atom. The lowest BCUT2D eigenvalue weighted by Gasteiger charge is -2.15. The van der Waals surface area contributed by atoms with E-state index >= 15 is 0 Å². The number of hydrogen-bond donors (Lipinski definition) is 1. The minimum atomic E-state index is -4.82. The second kappa shape index (κ2) is 7.92. The molecule has 0 heterocycles. The molecule has 0 spiro atoms. The Balaban J connectivity index is 2.37. The Labute approximate surface area is 137 Å². The summed E-state index contributed by atoms with van der Waals surface area (Å²) in [5.74, 6) is 0.389. The first-order valence-corrected chi connectivity index (χ1v) is 7.21. The van der Waals surface area contributed by atoms with E-state index in [2.05, 4.69) is 4.74 Å². The quantitative estimate of drug-likeness (QED) is 0.772. The van der Waals surface area contributed by atoms with Gasteiger partial charge < -0.3 is 19.3 Å². The van der Waals surface area contributed by atoms with E-state index in [9.17, 15) is 13.2 Å². The van der Waals surface area contributed by atoms with Crippen molar-refractivity contribution in [2.75, 3.05) is 20.3 Å². The average Bonchev–Trinajstić information content (AvgIpc) is 2.54. The molecule has 0 saturated carbocycles. The summed E-state index contributed by atoms with van der Waals surface area (Å²) in [7, 11) is 1.48. The maximum Gasteiger partial charge on any atom is 0.573 e. The molecule has 0 bridgehead atoms. The van der Waals surface area contributed by atoms with Crippen LogP contribution in [0.3, 0.4) is 0 Å². The Morgan fingerprint density at radius 1 is 1.04 bits per heavy atom. The molecule has 0 amide bonds. The SMILES string of the molecule is COc1cccc(-c2ccc(OCCCO)cc2OC(F)(F)F)c1. The molecule has 0 unspecified atom stereocenters. The number of alkyl halides is 3. The zero-order valence-electron chi connectivity index (χ0n) is 13.0. The van der Waals surface area contributed by atoms with Crippen molar-refractivity contribution in [2.24, 2.45) is 0 Å². The van der Waals surface area contributed by atoms with Gasteiger partial charge in [0.15, 0.2) is 0 Å². The molecule has 2 aromatic carbocycles. The Hall–Kier alpha value is -2.41. The van der Waals surface area contributed by atoms with E-state index in [-0.39, 0.29) is 30.3 Å². The van der Waals surface area contributed by atoms with Gasteiger partial charge in [0.1, 0.15) is 17.2 Å². The van der Waals surface area contributed by atoms with Crippen molar-refractivity contribution in [2.45, 2.75) is 12.8 Å². The highest BCUT2D eigenvalue weighted by atomic mass is 19.4. The molecule has 4 nitrogen and oxygen atoms in total. The predicted molar refractivity (Wildman–Crippen MR) is 82.3 cm³/mol. The van der Waals surface area contributed by atoms with E-state index in [1.807, 2.05) is 0 Å². The van der Waals surface area contributed by atoms with Crippen molar-refractivity contribution >= 4 is 0 Å². The van der Waals surface area contributed by atoms with Gasteiger partial charge in [-0.2, -0.15) is 0 Å². The fourth-order valence-electron chi connectivity index (χ4n) is 2.09. The summed E-state index contributed by atoms with van der Waals surface area (Å²) in [4.78, 5) is 0. The molecule has 0 radical (unpaired) electrons. The summed E-state index contributed by atoms with van der Waals surface area (Å²) < 4.78 is 52.6. The molecule has 0 atom stereocenters. The highest BCUT2D eigenvalue weighted by molar-refractivity contribution is 5.72. The number of aliphatic hydroxyl groups is 1. The van der Waals surface area contributed by atoms with Crippen LogP contribution >= 0.6 is 0 Å². The van der Waals surface area contributed by atoms with Gasteiger partial charge in [-0.15, -0.1) is 13.2 Å². The molecule has 0 aromatic heterocycles. The van der Waals surface area contributed by atoms with Gasteiger partial charge in [0.05, 0.1) is 13.7 Å². The molecule has 2 rings (SSSR count). The van der Waals surface area contributed by atoms with Crippen molar-refractivity contribution in [1.29, 1.82) is 0 Å². The van der Waals surface area contributed by atoms with Gasteiger partial charge in [-0.25, -0.2) is 0 Å². The number of ether oxygens (including phenoxy) is 3. The lowest BCUT2D eigenvalue weighted by atomic mass is 10.0. The molecule has 2 aromatic rings. The highest BCUT2D eigenvalue weighted by Gasteiger charge is 2.32. The summed E-state index contributed by atoms with van der Waals surface area (Å²) in [5.41, 5.74) is 0.788. The van der Waals surface area contributed by atoms with Crippen LogP contribution in [0.15, 0.2) is 42.5 Å². The molecule has 0 fully saturated rings.